The Morgan fingerprint density at radius 2 is 1.63 bits per heavy atom. The van der Waals surface area contributed by atoms with Crippen LogP contribution in [-0.2, 0) is 6.42 Å². The second-order valence-electron chi connectivity index (χ2n) is 8.97. The highest BCUT2D eigenvalue weighted by atomic mass is 14.3. The first-order valence-corrected chi connectivity index (χ1v) is 10.5. The van der Waals surface area contributed by atoms with Crippen LogP contribution in [0.5, 0.6) is 0 Å². The second-order valence-corrected chi connectivity index (χ2v) is 8.97. The summed E-state index contributed by atoms with van der Waals surface area (Å²) in [6, 6.07) is 22.4. The summed E-state index contributed by atoms with van der Waals surface area (Å²) < 4.78 is 0. The third kappa shape index (κ3) is 3.23. The summed E-state index contributed by atoms with van der Waals surface area (Å²) in [7, 11) is 0. The molecule has 0 N–H and O–H groups in total. The van der Waals surface area contributed by atoms with Gasteiger partial charge in [0.05, 0.1) is 0 Å². The highest BCUT2D eigenvalue weighted by Gasteiger charge is 2.29. The number of allylic oxidation sites excluding steroid dienone is 1. The fourth-order valence-electron chi connectivity index (χ4n) is 5.29. The molecule has 5 rings (SSSR count). The summed E-state index contributed by atoms with van der Waals surface area (Å²) in [6.07, 6.45) is 12.0. The summed E-state index contributed by atoms with van der Waals surface area (Å²) in [4.78, 5) is 0. The van der Waals surface area contributed by atoms with E-state index in [4.69, 9.17) is 0 Å². The molecule has 3 aromatic rings. The summed E-state index contributed by atoms with van der Waals surface area (Å²) in [5.74, 6) is 0. The molecule has 1 fully saturated rings. The molecule has 0 unspecified atom stereocenters. The van der Waals surface area contributed by atoms with Gasteiger partial charge in [0.2, 0.25) is 0 Å². The lowest BCUT2D eigenvalue weighted by Gasteiger charge is -2.34. The molecule has 0 heteroatoms. The fraction of sp³-hybridized carbons (Fsp3) is 0.333. The van der Waals surface area contributed by atoms with Gasteiger partial charge in [0, 0.05) is 0 Å². The highest BCUT2D eigenvalue weighted by Crippen LogP contribution is 2.44. The minimum atomic E-state index is 0.523. The smallest absolute Gasteiger partial charge is 0.00574 e. The third-order valence-electron chi connectivity index (χ3n) is 6.74. The minimum Gasteiger partial charge on any atom is -0.0646 e. The Hall–Kier alpha value is -2.34. The predicted molar refractivity (Wildman–Crippen MR) is 117 cm³/mol. The van der Waals surface area contributed by atoms with E-state index in [9.17, 15) is 0 Å². The molecule has 0 atom stereocenters. The number of rotatable bonds is 3. The van der Waals surface area contributed by atoms with Gasteiger partial charge in [0.25, 0.3) is 0 Å². The van der Waals surface area contributed by atoms with Crippen molar-refractivity contribution in [3.63, 3.8) is 0 Å². The quantitative estimate of drug-likeness (QED) is 0.451. The molecule has 0 amide bonds. The largest absolute Gasteiger partial charge is 0.0646 e. The van der Waals surface area contributed by atoms with Crippen molar-refractivity contribution in [3.05, 3.63) is 77.4 Å². The second kappa shape index (κ2) is 6.68. The van der Waals surface area contributed by atoms with E-state index >= 15 is 0 Å². The van der Waals surface area contributed by atoms with Gasteiger partial charge < -0.3 is 0 Å². The van der Waals surface area contributed by atoms with Crippen LogP contribution in [0.15, 0.2) is 66.2 Å². The minimum absolute atomic E-state index is 0.523. The van der Waals surface area contributed by atoms with E-state index < -0.39 is 0 Å². The van der Waals surface area contributed by atoms with Crippen LogP contribution in [0.25, 0.3) is 28.0 Å². The van der Waals surface area contributed by atoms with Gasteiger partial charge >= 0.3 is 0 Å². The van der Waals surface area contributed by atoms with Gasteiger partial charge in [-0.25, -0.2) is 0 Å². The van der Waals surface area contributed by atoms with Crippen molar-refractivity contribution in [3.8, 4) is 11.1 Å². The molecular formula is C27H28. The molecule has 0 aliphatic heterocycles. The number of hydrogen-bond acceptors (Lipinski definition) is 0. The van der Waals surface area contributed by atoms with E-state index in [2.05, 4.69) is 73.7 Å². The summed E-state index contributed by atoms with van der Waals surface area (Å²) in [6.45, 7) is 2.51. The maximum absolute atomic E-state index is 2.51. The van der Waals surface area contributed by atoms with Crippen LogP contribution in [0.2, 0.25) is 0 Å². The van der Waals surface area contributed by atoms with Gasteiger partial charge in [-0.15, -0.1) is 0 Å². The van der Waals surface area contributed by atoms with E-state index in [0.29, 0.717) is 5.41 Å². The van der Waals surface area contributed by atoms with Crippen LogP contribution in [0.3, 0.4) is 0 Å². The van der Waals surface area contributed by atoms with E-state index in [1.807, 2.05) is 0 Å². The van der Waals surface area contributed by atoms with Crippen molar-refractivity contribution in [2.24, 2.45) is 5.41 Å². The summed E-state index contributed by atoms with van der Waals surface area (Å²) in [5, 5.41) is 2.64. The maximum Gasteiger partial charge on any atom is -0.00574 e. The molecule has 0 heterocycles. The first-order chi connectivity index (χ1) is 13.2. The van der Waals surface area contributed by atoms with Crippen molar-refractivity contribution in [2.45, 2.75) is 51.9 Å². The molecular weight excluding hydrogens is 324 g/mol. The van der Waals surface area contributed by atoms with E-state index in [1.54, 1.807) is 5.57 Å². The van der Waals surface area contributed by atoms with Crippen molar-refractivity contribution in [2.75, 3.05) is 0 Å². The first-order valence-electron chi connectivity index (χ1n) is 10.5. The topological polar surface area (TPSA) is 0 Å². The first kappa shape index (κ1) is 16.8. The molecule has 0 spiro atoms. The standard InChI is InChI=1S/C27H28/c1-27(14-5-2-6-15-27)19-20-16-23-10-7-11-25(26(23)17-20)24-13-12-21-8-3-4-9-22(21)18-24/h3-4,7-13,17-18H,2,5-6,14-16,19H2,1H3. The van der Waals surface area contributed by atoms with Gasteiger partial charge in [0.1, 0.15) is 0 Å². The molecule has 0 bridgehead atoms. The molecule has 0 saturated heterocycles. The van der Waals surface area contributed by atoms with Crippen molar-refractivity contribution < 1.29 is 0 Å². The zero-order valence-corrected chi connectivity index (χ0v) is 16.3. The Bertz CT molecular complexity index is 1020. The lowest BCUT2D eigenvalue weighted by atomic mass is 9.71. The molecule has 27 heavy (non-hydrogen) atoms. The van der Waals surface area contributed by atoms with Gasteiger partial charge in [-0.2, -0.15) is 0 Å². The third-order valence-corrected chi connectivity index (χ3v) is 6.74. The van der Waals surface area contributed by atoms with Crippen molar-refractivity contribution in [1.82, 2.24) is 0 Å². The Morgan fingerprint density at radius 1 is 0.815 bits per heavy atom. The van der Waals surface area contributed by atoms with E-state index in [1.165, 1.54) is 71.6 Å². The molecule has 1 saturated carbocycles. The fourth-order valence-corrected chi connectivity index (χ4v) is 5.29. The Kier molecular flexibility index (Phi) is 4.16. The van der Waals surface area contributed by atoms with Crippen LogP contribution in [0.1, 0.15) is 56.6 Å². The molecule has 0 nitrogen and oxygen atoms in total. The van der Waals surface area contributed by atoms with Crippen LogP contribution >= 0.6 is 0 Å². The van der Waals surface area contributed by atoms with Gasteiger partial charge in [-0.3, -0.25) is 0 Å². The normalized spacial score (nSPS) is 18.3. The number of benzene rings is 3. The molecule has 2 aliphatic carbocycles. The van der Waals surface area contributed by atoms with Crippen LogP contribution in [0, 0.1) is 5.41 Å². The van der Waals surface area contributed by atoms with E-state index in [0.717, 1.165) is 6.42 Å². The Balaban J connectivity index is 1.50. The Morgan fingerprint density at radius 3 is 2.48 bits per heavy atom. The average Bonchev–Trinajstić information content (AvgIpc) is 3.09. The molecule has 136 valence electrons. The Labute approximate surface area is 162 Å². The monoisotopic (exact) mass is 352 g/mol. The molecule has 0 radical (unpaired) electrons. The lowest BCUT2D eigenvalue weighted by Crippen LogP contribution is -2.20. The van der Waals surface area contributed by atoms with Crippen LogP contribution < -0.4 is 0 Å². The summed E-state index contributed by atoms with van der Waals surface area (Å²) >= 11 is 0. The number of fused-ring (bicyclic) bond motifs is 2. The van der Waals surface area contributed by atoms with Gasteiger partial charge in [0.15, 0.2) is 0 Å². The predicted octanol–water partition coefficient (Wildman–Crippen LogP) is 7.81. The van der Waals surface area contributed by atoms with Crippen molar-refractivity contribution in [1.29, 1.82) is 0 Å². The van der Waals surface area contributed by atoms with Crippen LogP contribution in [-0.4, -0.2) is 0 Å². The van der Waals surface area contributed by atoms with Gasteiger partial charge in [-0.05, 0) is 70.2 Å². The summed E-state index contributed by atoms with van der Waals surface area (Å²) in [5.41, 5.74) is 7.86. The highest BCUT2D eigenvalue weighted by molar-refractivity contribution is 5.90. The molecule has 0 aromatic heterocycles. The SMILES string of the molecule is CC1(CC2=Cc3c(cccc3-c3ccc4ccccc4c3)C2)CCCCC1. The molecule has 2 aliphatic rings. The zero-order chi connectivity index (χ0) is 18.3. The molecule has 3 aromatic carbocycles. The number of hydrogen-bond donors (Lipinski definition) is 0. The maximum atomic E-state index is 2.51. The van der Waals surface area contributed by atoms with Gasteiger partial charge in [-0.1, -0.05) is 92.4 Å². The van der Waals surface area contributed by atoms with Crippen molar-refractivity contribution >= 4 is 16.8 Å². The van der Waals surface area contributed by atoms with Crippen LogP contribution in [0.4, 0.5) is 0 Å². The lowest BCUT2D eigenvalue weighted by molar-refractivity contribution is 0.214. The average molecular weight is 353 g/mol. The zero-order valence-electron chi connectivity index (χ0n) is 16.3. The van der Waals surface area contributed by atoms with E-state index in [-0.39, 0.29) is 0 Å².